The maximum atomic E-state index is 12.9. The first-order chi connectivity index (χ1) is 27.5. The van der Waals surface area contributed by atoms with Gasteiger partial charge in [-0.3, -0.25) is 13.8 Å². The molecule has 0 aromatic rings. The minimum absolute atomic E-state index is 0.0574. The molecule has 0 aliphatic rings. The van der Waals surface area contributed by atoms with Crippen LogP contribution in [-0.4, -0.2) is 73.4 Å². The molecule has 0 aromatic carbocycles. The molecule has 334 valence electrons. The SMILES string of the molecule is CCCCC/C=C\C/C=C\C/C=C\CCCCCCCCC(=O)NC(COP(=O)(O)OCC[N+](C)(C)C)C(O)/C=C/CCCCCCCCCCCCCCCC. The highest BCUT2D eigenvalue weighted by Crippen LogP contribution is 2.43. The van der Waals surface area contributed by atoms with E-state index in [0.717, 1.165) is 64.2 Å². The minimum Gasteiger partial charge on any atom is -0.387 e. The molecule has 3 unspecified atom stereocenters. The van der Waals surface area contributed by atoms with E-state index in [0.29, 0.717) is 17.4 Å². The average molecular weight is 824 g/mol. The van der Waals surface area contributed by atoms with Gasteiger partial charge in [0.1, 0.15) is 13.2 Å². The van der Waals surface area contributed by atoms with Gasteiger partial charge in [-0.05, 0) is 57.8 Å². The second-order valence-corrected chi connectivity index (χ2v) is 18.6. The molecular weight excluding hydrogens is 732 g/mol. The van der Waals surface area contributed by atoms with Gasteiger partial charge in [-0.2, -0.15) is 0 Å². The molecule has 0 spiro atoms. The lowest BCUT2D eigenvalue weighted by molar-refractivity contribution is -0.870. The van der Waals surface area contributed by atoms with Crippen molar-refractivity contribution in [2.75, 3.05) is 40.9 Å². The van der Waals surface area contributed by atoms with Crippen molar-refractivity contribution in [3.05, 3.63) is 48.6 Å². The Morgan fingerprint density at radius 2 is 1.00 bits per heavy atom. The Bertz CT molecular complexity index is 1070. The van der Waals surface area contributed by atoms with Gasteiger partial charge in [0.25, 0.3) is 0 Å². The predicted molar refractivity (Wildman–Crippen MR) is 244 cm³/mol. The van der Waals surface area contributed by atoms with E-state index in [1.165, 1.54) is 116 Å². The molecule has 0 aliphatic heterocycles. The van der Waals surface area contributed by atoms with Crippen LogP contribution in [0.1, 0.15) is 200 Å². The van der Waals surface area contributed by atoms with E-state index in [-0.39, 0.29) is 19.1 Å². The number of quaternary nitrogens is 1. The van der Waals surface area contributed by atoms with E-state index in [4.69, 9.17) is 9.05 Å². The second kappa shape index (κ2) is 39.9. The van der Waals surface area contributed by atoms with Gasteiger partial charge in [-0.15, -0.1) is 0 Å². The summed E-state index contributed by atoms with van der Waals surface area (Å²) in [6.07, 6.45) is 50.3. The Hall–Kier alpha value is -1.54. The molecule has 3 atom stereocenters. The number of amides is 1. The molecule has 0 heterocycles. The van der Waals surface area contributed by atoms with E-state index >= 15 is 0 Å². The van der Waals surface area contributed by atoms with Gasteiger partial charge in [0, 0.05) is 6.42 Å². The van der Waals surface area contributed by atoms with Crippen molar-refractivity contribution in [2.45, 2.75) is 212 Å². The summed E-state index contributed by atoms with van der Waals surface area (Å²) in [7, 11) is 1.56. The van der Waals surface area contributed by atoms with Crippen molar-refractivity contribution >= 4 is 13.7 Å². The zero-order valence-electron chi connectivity index (χ0n) is 37.8. The zero-order chi connectivity index (χ0) is 42.1. The van der Waals surface area contributed by atoms with Gasteiger partial charge in [0.2, 0.25) is 5.91 Å². The van der Waals surface area contributed by atoms with Crippen molar-refractivity contribution in [3.63, 3.8) is 0 Å². The number of phosphoric ester groups is 1. The fourth-order valence-electron chi connectivity index (χ4n) is 6.52. The molecule has 0 aromatic heterocycles. The van der Waals surface area contributed by atoms with Crippen LogP contribution in [0.25, 0.3) is 0 Å². The third kappa shape index (κ3) is 42.4. The highest BCUT2D eigenvalue weighted by Gasteiger charge is 2.27. The average Bonchev–Trinajstić information content (AvgIpc) is 3.16. The van der Waals surface area contributed by atoms with Crippen LogP contribution in [0.4, 0.5) is 0 Å². The third-order valence-electron chi connectivity index (χ3n) is 10.3. The molecule has 0 saturated heterocycles. The monoisotopic (exact) mass is 824 g/mol. The molecule has 0 fully saturated rings. The summed E-state index contributed by atoms with van der Waals surface area (Å²) >= 11 is 0. The lowest BCUT2D eigenvalue weighted by atomic mass is 10.0. The zero-order valence-corrected chi connectivity index (χ0v) is 38.7. The van der Waals surface area contributed by atoms with Crippen LogP contribution in [0.15, 0.2) is 48.6 Å². The number of aliphatic hydroxyl groups is 1. The molecule has 8 nitrogen and oxygen atoms in total. The first kappa shape index (κ1) is 55.5. The number of nitrogens with zero attached hydrogens (tertiary/aromatic N) is 1. The summed E-state index contributed by atoms with van der Waals surface area (Å²) in [4.78, 5) is 23.2. The lowest BCUT2D eigenvalue weighted by Gasteiger charge is -2.25. The van der Waals surface area contributed by atoms with Gasteiger partial charge in [-0.25, -0.2) is 4.57 Å². The van der Waals surface area contributed by atoms with Gasteiger partial charge in [0.05, 0.1) is 39.9 Å². The fraction of sp³-hybridized carbons (Fsp3) is 0.812. The van der Waals surface area contributed by atoms with Crippen LogP contribution in [0.2, 0.25) is 0 Å². The molecular formula is C48H92N2O6P+. The number of hydrogen-bond donors (Lipinski definition) is 3. The molecule has 3 N–H and O–H groups in total. The number of phosphoric acid groups is 1. The summed E-state index contributed by atoms with van der Waals surface area (Å²) in [5.41, 5.74) is 0. The summed E-state index contributed by atoms with van der Waals surface area (Å²) in [6.45, 7) is 4.77. The van der Waals surface area contributed by atoms with Gasteiger partial charge >= 0.3 is 7.82 Å². The van der Waals surface area contributed by atoms with Crippen LogP contribution in [0, 0.1) is 0 Å². The largest absolute Gasteiger partial charge is 0.472 e. The molecule has 0 rings (SSSR count). The van der Waals surface area contributed by atoms with E-state index < -0.39 is 20.0 Å². The molecule has 0 saturated carbocycles. The smallest absolute Gasteiger partial charge is 0.387 e. The molecule has 57 heavy (non-hydrogen) atoms. The van der Waals surface area contributed by atoms with Crippen molar-refractivity contribution in [2.24, 2.45) is 0 Å². The van der Waals surface area contributed by atoms with Crippen molar-refractivity contribution in [3.8, 4) is 0 Å². The third-order valence-corrected chi connectivity index (χ3v) is 11.3. The number of likely N-dealkylation sites (N-methyl/N-ethyl adjacent to an activating group) is 1. The predicted octanol–water partition coefficient (Wildman–Crippen LogP) is 13.2. The number of rotatable bonds is 42. The number of carbonyl (C=O) groups is 1. The first-order valence-corrected chi connectivity index (χ1v) is 25.0. The second-order valence-electron chi connectivity index (χ2n) is 17.1. The summed E-state index contributed by atoms with van der Waals surface area (Å²) < 4.78 is 23.6. The maximum Gasteiger partial charge on any atom is 0.472 e. The highest BCUT2D eigenvalue weighted by molar-refractivity contribution is 7.47. The summed E-state index contributed by atoms with van der Waals surface area (Å²) in [5.74, 6) is -0.191. The summed E-state index contributed by atoms with van der Waals surface area (Å²) in [6, 6.07) is -0.853. The Morgan fingerprint density at radius 1 is 0.596 bits per heavy atom. The van der Waals surface area contributed by atoms with E-state index in [1.807, 2.05) is 27.2 Å². The number of hydrogen-bond acceptors (Lipinski definition) is 5. The number of allylic oxidation sites excluding steroid dienone is 7. The Balaban J connectivity index is 4.42. The van der Waals surface area contributed by atoms with E-state index in [1.54, 1.807) is 6.08 Å². The minimum atomic E-state index is -4.34. The van der Waals surface area contributed by atoms with Crippen LogP contribution in [0.3, 0.4) is 0 Å². The molecule has 0 bridgehead atoms. The normalized spacial score (nSPS) is 14.7. The van der Waals surface area contributed by atoms with Crippen molar-refractivity contribution in [1.29, 1.82) is 0 Å². The van der Waals surface area contributed by atoms with Crippen molar-refractivity contribution < 1.29 is 32.9 Å². The van der Waals surface area contributed by atoms with Gasteiger partial charge in [-0.1, -0.05) is 184 Å². The Kier molecular flexibility index (Phi) is 38.8. The molecule has 9 heteroatoms. The van der Waals surface area contributed by atoms with Crippen LogP contribution < -0.4 is 5.32 Å². The van der Waals surface area contributed by atoms with Crippen LogP contribution in [-0.2, 0) is 18.4 Å². The quantitative estimate of drug-likeness (QED) is 0.0245. The Labute approximate surface area is 352 Å². The topological polar surface area (TPSA) is 105 Å². The highest BCUT2D eigenvalue weighted by atomic mass is 31.2. The molecule has 0 aliphatic carbocycles. The van der Waals surface area contributed by atoms with Crippen molar-refractivity contribution in [1.82, 2.24) is 5.32 Å². The van der Waals surface area contributed by atoms with E-state index in [9.17, 15) is 19.4 Å². The number of carbonyl (C=O) groups excluding carboxylic acids is 1. The van der Waals surface area contributed by atoms with E-state index in [2.05, 4.69) is 55.6 Å². The number of unbranched alkanes of at least 4 members (excludes halogenated alkanes) is 23. The first-order valence-electron chi connectivity index (χ1n) is 23.5. The standard InChI is InChI=1S/C48H91N2O6P/c1-6-8-10-12-14-16-18-20-22-24-25-26-28-30-32-34-36-38-40-42-48(52)49-46(45-56-57(53,54)55-44-43-50(3,4)5)47(51)41-39-37-35-33-31-29-27-23-21-19-17-15-13-11-9-7-2/h14,16,20,22,25-26,39,41,46-47,51H,6-13,15,17-19,21,23-24,27-38,40,42-45H2,1-5H3,(H-,49,52,53,54)/p+1/b16-14-,22-20-,26-25-,41-39+. The number of nitrogens with one attached hydrogen (secondary N) is 1. The van der Waals surface area contributed by atoms with Crippen LogP contribution >= 0.6 is 7.82 Å². The summed E-state index contributed by atoms with van der Waals surface area (Å²) in [5, 5.41) is 13.8. The van der Waals surface area contributed by atoms with Gasteiger partial charge in [0.15, 0.2) is 0 Å². The molecule has 0 radical (unpaired) electrons. The lowest BCUT2D eigenvalue weighted by Crippen LogP contribution is -2.45. The Morgan fingerprint density at radius 3 is 1.49 bits per heavy atom. The van der Waals surface area contributed by atoms with Crippen LogP contribution in [0.5, 0.6) is 0 Å². The fourth-order valence-corrected chi connectivity index (χ4v) is 7.25. The number of aliphatic hydroxyl groups excluding tert-OH is 1. The van der Waals surface area contributed by atoms with Gasteiger partial charge < -0.3 is 19.8 Å². The molecule has 1 amide bonds. The maximum absolute atomic E-state index is 12.9.